The van der Waals surface area contributed by atoms with Crippen LogP contribution in [0.2, 0.25) is 0 Å². The zero-order chi connectivity index (χ0) is 20.3. The van der Waals surface area contributed by atoms with E-state index < -0.39 is 23.4 Å². The first-order valence-corrected chi connectivity index (χ1v) is 8.56. The SMILES string of the molecule is CC(C)CN/C(=N/C(=O)c1ccc(F)c(F)c1)Nc1n[nH]c2c(F)cccc12. The number of rotatable bonds is 4. The molecular formula is C19H18F3N5O. The highest BCUT2D eigenvalue weighted by atomic mass is 19.2. The van der Waals surface area contributed by atoms with Gasteiger partial charge in [0.25, 0.3) is 5.91 Å². The van der Waals surface area contributed by atoms with Crippen molar-refractivity contribution in [2.75, 3.05) is 11.9 Å². The normalized spacial score (nSPS) is 11.9. The lowest BCUT2D eigenvalue weighted by Crippen LogP contribution is -2.34. The number of guanidine groups is 1. The van der Waals surface area contributed by atoms with Gasteiger partial charge in [0.2, 0.25) is 5.96 Å². The van der Waals surface area contributed by atoms with Gasteiger partial charge in [0, 0.05) is 17.5 Å². The molecule has 0 radical (unpaired) electrons. The molecule has 1 aromatic heterocycles. The fraction of sp³-hybridized carbons (Fsp3) is 0.211. The Labute approximate surface area is 158 Å². The van der Waals surface area contributed by atoms with Gasteiger partial charge in [0.05, 0.1) is 0 Å². The molecule has 3 N–H and O–H groups in total. The second-order valence-electron chi connectivity index (χ2n) is 6.53. The van der Waals surface area contributed by atoms with Gasteiger partial charge in [-0.1, -0.05) is 19.9 Å². The van der Waals surface area contributed by atoms with Gasteiger partial charge in [0.15, 0.2) is 17.5 Å². The molecule has 146 valence electrons. The van der Waals surface area contributed by atoms with Crippen LogP contribution in [-0.4, -0.2) is 28.6 Å². The number of hydrogen-bond donors (Lipinski definition) is 3. The van der Waals surface area contributed by atoms with Crippen molar-refractivity contribution >= 4 is 28.6 Å². The fourth-order valence-electron chi connectivity index (χ4n) is 2.42. The van der Waals surface area contributed by atoms with Crippen molar-refractivity contribution in [1.82, 2.24) is 15.5 Å². The number of hydrogen-bond acceptors (Lipinski definition) is 2. The Hall–Kier alpha value is -3.36. The van der Waals surface area contributed by atoms with Crippen LogP contribution < -0.4 is 10.6 Å². The van der Waals surface area contributed by atoms with Gasteiger partial charge in [-0.05, 0) is 36.2 Å². The standard InChI is InChI=1S/C19H18F3N5O/c1-10(2)9-23-19(25-18(28)11-6-7-13(20)15(22)8-11)24-17-12-4-3-5-14(21)16(12)26-27-17/h3-8,10H,9H2,1-2H3,(H3,23,24,25,26,27,28). The number of nitrogens with zero attached hydrogens (tertiary/aromatic N) is 2. The van der Waals surface area contributed by atoms with E-state index in [-0.39, 0.29) is 28.8 Å². The Balaban J connectivity index is 1.91. The number of carbonyl (C=O) groups excluding carboxylic acids is 1. The number of nitrogens with one attached hydrogen (secondary N) is 3. The lowest BCUT2D eigenvalue weighted by Gasteiger charge is -2.12. The summed E-state index contributed by atoms with van der Waals surface area (Å²) in [6.45, 7) is 4.40. The number of amides is 1. The molecule has 28 heavy (non-hydrogen) atoms. The number of aromatic nitrogens is 2. The number of halogens is 3. The summed E-state index contributed by atoms with van der Waals surface area (Å²) in [5.74, 6) is -2.88. The third-order valence-corrected chi connectivity index (χ3v) is 3.84. The maximum Gasteiger partial charge on any atom is 0.280 e. The molecule has 0 bridgehead atoms. The Kier molecular flexibility index (Phi) is 5.62. The second kappa shape index (κ2) is 8.12. The summed E-state index contributed by atoms with van der Waals surface area (Å²) in [4.78, 5) is 16.3. The molecule has 3 rings (SSSR count). The minimum atomic E-state index is -1.14. The lowest BCUT2D eigenvalue weighted by atomic mass is 10.2. The van der Waals surface area contributed by atoms with Crippen LogP contribution in [-0.2, 0) is 0 Å². The molecule has 0 aliphatic rings. The summed E-state index contributed by atoms with van der Waals surface area (Å²) in [5, 5.41) is 12.9. The summed E-state index contributed by atoms with van der Waals surface area (Å²) in [7, 11) is 0. The minimum Gasteiger partial charge on any atom is -0.355 e. The average Bonchev–Trinajstić information content (AvgIpc) is 3.06. The third kappa shape index (κ3) is 4.30. The Bertz CT molecular complexity index is 1050. The summed E-state index contributed by atoms with van der Waals surface area (Å²) < 4.78 is 40.3. The molecule has 0 saturated heterocycles. The largest absolute Gasteiger partial charge is 0.355 e. The van der Waals surface area contributed by atoms with Crippen LogP contribution in [0.15, 0.2) is 41.4 Å². The Morgan fingerprint density at radius 3 is 2.64 bits per heavy atom. The molecular weight excluding hydrogens is 371 g/mol. The van der Waals surface area contributed by atoms with Crippen LogP contribution in [0.4, 0.5) is 19.0 Å². The van der Waals surface area contributed by atoms with Crippen LogP contribution >= 0.6 is 0 Å². The van der Waals surface area contributed by atoms with Crippen molar-refractivity contribution < 1.29 is 18.0 Å². The zero-order valence-electron chi connectivity index (χ0n) is 15.2. The monoisotopic (exact) mass is 389 g/mol. The van der Waals surface area contributed by atoms with Crippen molar-refractivity contribution in [3.8, 4) is 0 Å². The maximum absolute atomic E-state index is 13.8. The van der Waals surface area contributed by atoms with Crippen molar-refractivity contribution in [2.24, 2.45) is 10.9 Å². The molecule has 0 atom stereocenters. The summed E-state index contributed by atoms with van der Waals surface area (Å²) >= 11 is 0. The van der Waals surface area contributed by atoms with Crippen molar-refractivity contribution in [1.29, 1.82) is 0 Å². The van der Waals surface area contributed by atoms with E-state index in [2.05, 4.69) is 25.8 Å². The van der Waals surface area contributed by atoms with E-state index in [1.807, 2.05) is 13.8 Å². The van der Waals surface area contributed by atoms with Crippen LogP contribution in [0.25, 0.3) is 10.9 Å². The molecule has 3 aromatic rings. The average molecular weight is 389 g/mol. The van der Waals surface area contributed by atoms with Crippen molar-refractivity contribution in [3.63, 3.8) is 0 Å². The van der Waals surface area contributed by atoms with Gasteiger partial charge in [0.1, 0.15) is 11.3 Å². The van der Waals surface area contributed by atoms with Gasteiger partial charge in [-0.3, -0.25) is 9.89 Å². The van der Waals surface area contributed by atoms with Crippen molar-refractivity contribution in [3.05, 3.63) is 59.4 Å². The van der Waals surface area contributed by atoms with Crippen LogP contribution in [0.3, 0.4) is 0 Å². The van der Waals surface area contributed by atoms with E-state index in [0.717, 1.165) is 18.2 Å². The molecule has 0 unspecified atom stereocenters. The molecule has 0 aliphatic carbocycles. The number of carbonyl (C=O) groups is 1. The number of anilines is 1. The Morgan fingerprint density at radius 1 is 1.14 bits per heavy atom. The predicted octanol–water partition coefficient (Wildman–Crippen LogP) is 3.83. The summed E-state index contributed by atoms with van der Waals surface area (Å²) in [6.07, 6.45) is 0. The van der Waals surface area contributed by atoms with Crippen molar-refractivity contribution in [2.45, 2.75) is 13.8 Å². The lowest BCUT2D eigenvalue weighted by molar-refractivity contribution is 0.100. The number of aromatic amines is 1. The highest BCUT2D eigenvalue weighted by molar-refractivity contribution is 6.08. The van der Waals surface area contributed by atoms with Gasteiger partial charge in [-0.15, -0.1) is 0 Å². The van der Waals surface area contributed by atoms with E-state index in [4.69, 9.17) is 0 Å². The zero-order valence-corrected chi connectivity index (χ0v) is 15.2. The van der Waals surface area contributed by atoms with E-state index in [9.17, 15) is 18.0 Å². The van der Waals surface area contributed by atoms with Crippen LogP contribution in [0.1, 0.15) is 24.2 Å². The van der Waals surface area contributed by atoms with Crippen LogP contribution in [0.5, 0.6) is 0 Å². The van der Waals surface area contributed by atoms with E-state index in [1.165, 1.54) is 12.1 Å². The van der Waals surface area contributed by atoms with Gasteiger partial charge in [-0.25, -0.2) is 13.2 Å². The topological polar surface area (TPSA) is 82.2 Å². The quantitative estimate of drug-likeness (QED) is 0.468. The first-order valence-electron chi connectivity index (χ1n) is 8.56. The van der Waals surface area contributed by atoms with E-state index >= 15 is 0 Å². The smallest absolute Gasteiger partial charge is 0.280 e. The number of fused-ring (bicyclic) bond motifs is 1. The fourth-order valence-corrected chi connectivity index (χ4v) is 2.42. The number of aliphatic imine (C=N–C) groups is 1. The molecule has 1 amide bonds. The summed E-state index contributed by atoms with van der Waals surface area (Å²) in [5.41, 5.74) is 0.0996. The van der Waals surface area contributed by atoms with Crippen LogP contribution in [0, 0.1) is 23.4 Å². The van der Waals surface area contributed by atoms with Gasteiger partial charge in [-0.2, -0.15) is 10.1 Å². The Morgan fingerprint density at radius 2 is 1.93 bits per heavy atom. The third-order valence-electron chi connectivity index (χ3n) is 3.84. The molecule has 6 nitrogen and oxygen atoms in total. The second-order valence-corrected chi connectivity index (χ2v) is 6.53. The number of para-hydroxylation sites is 1. The first kappa shape index (κ1) is 19.4. The van der Waals surface area contributed by atoms with Gasteiger partial charge < -0.3 is 10.6 Å². The molecule has 0 spiro atoms. The predicted molar refractivity (Wildman–Crippen MR) is 101 cm³/mol. The molecule has 0 fully saturated rings. The number of H-pyrrole nitrogens is 1. The molecule has 2 aromatic carbocycles. The summed E-state index contributed by atoms with van der Waals surface area (Å²) in [6, 6.07) is 7.26. The first-order chi connectivity index (χ1) is 13.3. The highest BCUT2D eigenvalue weighted by Gasteiger charge is 2.14. The highest BCUT2D eigenvalue weighted by Crippen LogP contribution is 2.22. The van der Waals surface area contributed by atoms with E-state index in [1.54, 1.807) is 6.07 Å². The molecule has 0 saturated carbocycles. The maximum atomic E-state index is 13.8. The molecule has 9 heteroatoms. The molecule has 0 aliphatic heterocycles. The molecule has 1 heterocycles. The number of benzene rings is 2. The van der Waals surface area contributed by atoms with E-state index in [0.29, 0.717) is 11.9 Å². The van der Waals surface area contributed by atoms with Gasteiger partial charge >= 0.3 is 0 Å². The minimum absolute atomic E-state index is 0.0566.